The number of aliphatic hydroxyl groups excluding tert-OH is 1. The molecule has 0 aliphatic rings. The molecule has 1 amide bonds. The largest absolute Gasteiger partial charge is 0.480 e. The molecule has 0 bridgehead atoms. The van der Waals surface area contributed by atoms with Gasteiger partial charge in [0.2, 0.25) is 0 Å². The van der Waals surface area contributed by atoms with E-state index in [2.05, 4.69) is 10.0 Å². The Kier molecular flexibility index (Phi) is 6.50. The summed E-state index contributed by atoms with van der Waals surface area (Å²) in [5.74, 6) is -1.95. The van der Waals surface area contributed by atoms with Crippen LogP contribution in [0, 0.1) is 0 Å². The van der Waals surface area contributed by atoms with Crippen LogP contribution in [0.2, 0.25) is 0 Å². The number of rotatable bonds is 8. The van der Waals surface area contributed by atoms with Crippen LogP contribution in [-0.4, -0.2) is 43.2 Å². The van der Waals surface area contributed by atoms with Crippen LogP contribution in [0.25, 0.3) is 11.1 Å². The summed E-state index contributed by atoms with van der Waals surface area (Å²) in [6.07, 6.45) is 0. The fraction of sp³-hybridized carbons (Fsp3) is 0.100. The van der Waals surface area contributed by atoms with E-state index in [0.717, 1.165) is 11.1 Å². The van der Waals surface area contributed by atoms with Crippen LogP contribution in [-0.2, 0) is 14.8 Å². The fourth-order valence-electron chi connectivity index (χ4n) is 2.62. The molecular weight excluding hydrogens is 428 g/mol. The Morgan fingerprint density at radius 2 is 1.77 bits per heavy atom. The van der Waals surface area contributed by atoms with Crippen molar-refractivity contribution >= 4 is 38.9 Å². The van der Waals surface area contributed by atoms with Gasteiger partial charge in [0.1, 0.15) is 0 Å². The number of thiophene rings is 1. The molecule has 2 aromatic carbocycles. The molecule has 10 heteroatoms. The van der Waals surface area contributed by atoms with Crippen LogP contribution in [0.5, 0.6) is 0 Å². The summed E-state index contributed by atoms with van der Waals surface area (Å²) in [7, 11) is -3.67. The van der Waals surface area contributed by atoms with E-state index < -0.39 is 34.5 Å². The number of carbonyl (C=O) groups excluding carboxylic acids is 1. The number of amides is 1. The van der Waals surface area contributed by atoms with E-state index in [0.29, 0.717) is 5.69 Å². The van der Waals surface area contributed by atoms with Crippen LogP contribution < -0.4 is 10.0 Å². The standard InChI is InChI=1S/C20H18N2O6S2/c23-11-18(20(25)26)21-19(24)14-6-4-13(5-7-14)15-2-1-3-16(10-15)22-30(27,28)17-8-9-29-12-17/h1-10,12,18,22-23H,11H2,(H,21,24)(H,25,26)/t18-/m0/s1. The molecule has 1 atom stereocenters. The topological polar surface area (TPSA) is 133 Å². The lowest BCUT2D eigenvalue weighted by molar-refractivity contribution is -0.140. The Bertz CT molecular complexity index is 1140. The van der Waals surface area contributed by atoms with Gasteiger partial charge in [0.05, 0.1) is 11.5 Å². The summed E-state index contributed by atoms with van der Waals surface area (Å²) in [5, 5.41) is 23.4. The van der Waals surface area contributed by atoms with Crippen molar-refractivity contribution < 1.29 is 28.2 Å². The molecular formula is C20H18N2O6S2. The van der Waals surface area contributed by atoms with Crippen molar-refractivity contribution in [3.63, 3.8) is 0 Å². The molecule has 8 nitrogen and oxygen atoms in total. The van der Waals surface area contributed by atoms with Crippen LogP contribution in [0.15, 0.2) is 70.3 Å². The molecule has 0 fully saturated rings. The normalized spacial score (nSPS) is 12.2. The average molecular weight is 447 g/mol. The number of hydrogen-bond donors (Lipinski definition) is 4. The van der Waals surface area contributed by atoms with Gasteiger partial charge < -0.3 is 15.5 Å². The van der Waals surface area contributed by atoms with Crippen molar-refractivity contribution in [1.82, 2.24) is 5.32 Å². The molecule has 30 heavy (non-hydrogen) atoms. The molecule has 3 aromatic rings. The van der Waals surface area contributed by atoms with E-state index in [1.165, 1.54) is 29.5 Å². The first-order chi connectivity index (χ1) is 14.3. The quantitative estimate of drug-likeness (QED) is 0.420. The second kappa shape index (κ2) is 9.08. The molecule has 156 valence electrons. The highest BCUT2D eigenvalue weighted by atomic mass is 32.2. The van der Waals surface area contributed by atoms with Crippen LogP contribution in [0.4, 0.5) is 5.69 Å². The highest BCUT2D eigenvalue weighted by Crippen LogP contribution is 2.25. The third kappa shape index (κ3) is 5.03. The number of carbonyl (C=O) groups is 2. The number of carboxylic acid groups (broad SMARTS) is 1. The van der Waals surface area contributed by atoms with E-state index in [-0.39, 0.29) is 10.5 Å². The zero-order valence-corrected chi connectivity index (χ0v) is 17.1. The highest BCUT2D eigenvalue weighted by Gasteiger charge is 2.19. The van der Waals surface area contributed by atoms with E-state index >= 15 is 0 Å². The lowest BCUT2D eigenvalue weighted by Crippen LogP contribution is -2.43. The van der Waals surface area contributed by atoms with E-state index in [1.807, 2.05) is 0 Å². The minimum atomic E-state index is -3.67. The Labute approximate surface area is 176 Å². The molecule has 0 unspecified atom stereocenters. The molecule has 0 saturated heterocycles. The summed E-state index contributed by atoms with van der Waals surface area (Å²) in [5.41, 5.74) is 2.09. The fourth-order valence-corrected chi connectivity index (χ4v) is 4.70. The van der Waals surface area contributed by atoms with Crippen molar-refractivity contribution in [3.05, 3.63) is 70.9 Å². The Balaban J connectivity index is 1.76. The molecule has 4 N–H and O–H groups in total. The number of carboxylic acids is 1. The van der Waals surface area contributed by atoms with Crippen molar-refractivity contribution in [2.75, 3.05) is 11.3 Å². The first-order valence-electron chi connectivity index (χ1n) is 8.70. The van der Waals surface area contributed by atoms with E-state index in [9.17, 15) is 18.0 Å². The number of benzene rings is 2. The maximum atomic E-state index is 12.4. The van der Waals surface area contributed by atoms with Crippen molar-refractivity contribution in [2.45, 2.75) is 10.9 Å². The monoisotopic (exact) mass is 446 g/mol. The first kappa shape index (κ1) is 21.5. The minimum Gasteiger partial charge on any atom is -0.480 e. The highest BCUT2D eigenvalue weighted by molar-refractivity contribution is 7.92. The van der Waals surface area contributed by atoms with Crippen molar-refractivity contribution in [1.29, 1.82) is 0 Å². The first-order valence-corrected chi connectivity index (χ1v) is 11.1. The third-order valence-electron chi connectivity index (χ3n) is 4.19. The van der Waals surface area contributed by atoms with Gasteiger partial charge >= 0.3 is 5.97 Å². The molecule has 0 spiro atoms. The lowest BCUT2D eigenvalue weighted by atomic mass is 10.0. The Morgan fingerprint density at radius 3 is 2.37 bits per heavy atom. The molecule has 0 saturated carbocycles. The smallest absolute Gasteiger partial charge is 0.328 e. The number of nitrogens with one attached hydrogen (secondary N) is 2. The van der Waals surface area contributed by atoms with Gasteiger partial charge in [0.15, 0.2) is 6.04 Å². The van der Waals surface area contributed by atoms with E-state index in [1.54, 1.807) is 47.2 Å². The lowest BCUT2D eigenvalue weighted by Gasteiger charge is -2.12. The molecule has 1 heterocycles. The second-order valence-corrected chi connectivity index (χ2v) is 8.73. The van der Waals surface area contributed by atoms with Gasteiger partial charge in [-0.25, -0.2) is 13.2 Å². The third-order valence-corrected chi connectivity index (χ3v) is 6.40. The molecule has 3 rings (SSSR count). The maximum Gasteiger partial charge on any atom is 0.328 e. The predicted molar refractivity (Wildman–Crippen MR) is 113 cm³/mol. The second-order valence-electron chi connectivity index (χ2n) is 6.27. The zero-order valence-electron chi connectivity index (χ0n) is 15.5. The Hall–Kier alpha value is -3.21. The SMILES string of the molecule is O=C(N[C@@H](CO)C(=O)O)c1ccc(-c2cccc(NS(=O)(=O)c3ccsc3)c2)cc1. The summed E-state index contributed by atoms with van der Waals surface area (Å²) < 4.78 is 27.3. The molecule has 0 aliphatic carbocycles. The summed E-state index contributed by atoms with van der Waals surface area (Å²) in [6, 6.07) is 13.3. The summed E-state index contributed by atoms with van der Waals surface area (Å²) in [6.45, 7) is -0.715. The summed E-state index contributed by atoms with van der Waals surface area (Å²) >= 11 is 1.29. The van der Waals surface area contributed by atoms with Gasteiger partial charge in [0, 0.05) is 16.6 Å². The predicted octanol–water partition coefficient (Wildman–Crippen LogP) is 2.39. The van der Waals surface area contributed by atoms with Crippen molar-refractivity contribution in [2.24, 2.45) is 0 Å². The molecule has 1 aromatic heterocycles. The molecule has 0 radical (unpaired) electrons. The van der Waals surface area contributed by atoms with Gasteiger partial charge in [-0.1, -0.05) is 24.3 Å². The van der Waals surface area contributed by atoms with Gasteiger partial charge in [-0.2, -0.15) is 11.3 Å². The number of hydrogen-bond acceptors (Lipinski definition) is 6. The zero-order chi connectivity index (χ0) is 21.7. The number of aliphatic hydroxyl groups is 1. The van der Waals surface area contributed by atoms with Crippen LogP contribution in [0.3, 0.4) is 0 Å². The van der Waals surface area contributed by atoms with Crippen LogP contribution >= 0.6 is 11.3 Å². The maximum absolute atomic E-state index is 12.4. The number of sulfonamides is 1. The van der Waals surface area contributed by atoms with Crippen molar-refractivity contribution in [3.8, 4) is 11.1 Å². The van der Waals surface area contributed by atoms with Gasteiger partial charge in [0.25, 0.3) is 15.9 Å². The van der Waals surface area contributed by atoms with Gasteiger partial charge in [-0.15, -0.1) is 0 Å². The van der Waals surface area contributed by atoms with Gasteiger partial charge in [-0.05, 0) is 46.8 Å². The Morgan fingerprint density at radius 1 is 1.03 bits per heavy atom. The number of anilines is 1. The van der Waals surface area contributed by atoms with Gasteiger partial charge in [-0.3, -0.25) is 9.52 Å². The molecule has 0 aliphatic heterocycles. The van der Waals surface area contributed by atoms with Crippen LogP contribution in [0.1, 0.15) is 10.4 Å². The summed E-state index contributed by atoms with van der Waals surface area (Å²) in [4.78, 5) is 23.2. The minimum absolute atomic E-state index is 0.191. The average Bonchev–Trinajstić information content (AvgIpc) is 3.27. The number of aliphatic carboxylic acids is 1. The van der Waals surface area contributed by atoms with E-state index in [4.69, 9.17) is 10.2 Å².